The number of carbonyl (C=O) groups is 1. The lowest BCUT2D eigenvalue weighted by atomic mass is 9.88. The molecule has 1 atom stereocenters. The second-order valence-electron chi connectivity index (χ2n) is 7.70. The molecule has 0 radical (unpaired) electrons. The molecular formula is C20H31N5O. The van der Waals surface area contributed by atoms with E-state index in [1.807, 2.05) is 18.2 Å². The highest BCUT2D eigenvalue weighted by atomic mass is 16.1. The van der Waals surface area contributed by atoms with Crippen molar-refractivity contribution in [3.8, 4) is 0 Å². The lowest BCUT2D eigenvalue weighted by Crippen LogP contribution is -2.53. The quantitative estimate of drug-likeness (QED) is 0.573. The third-order valence-electron chi connectivity index (χ3n) is 5.40. The van der Waals surface area contributed by atoms with Gasteiger partial charge in [0.1, 0.15) is 0 Å². The summed E-state index contributed by atoms with van der Waals surface area (Å²) < 4.78 is 0. The summed E-state index contributed by atoms with van der Waals surface area (Å²) in [5.41, 5.74) is 6.78. The van der Waals surface area contributed by atoms with Gasteiger partial charge >= 0.3 is 0 Å². The normalized spacial score (nSPS) is 27.2. The molecule has 1 heterocycles. The largest absolute Gasteiger partial charge is 0.366 e. The highest BCUT2D eigenvalue weighted by Gasteiger charge is 2.23. The van der Waals surface area contributed by atoms with Gasteiger partial charge in [-0.2, -0.15) is 0 Å². The van der Waals surface area contributed by atoms with Crippen LogP contribution >= 0.6 is 0 Å². The summed E-state index contributed by atoms with van der Waals surface area (Å²) in [7, 11) is 0. The Morgan fingerprint density at radius 2 is 1.96 bits per heavy atom. The zero-order chi connectivity index (χ0) is 18.5. The molecule has 0 spiro atoms. The molecule has 0 unspecified atom stereocenters. The Balaban J connectivity index is 1.84. The van der Waals surface area contributed by atoms with Crippen molar-refractivity contribution in [2.75, 3.05) is 25.0 Å². The second-order valence-corrected chi connectivity index (χ2v) is 7.70. The number of rotatable bonds is 3. The van der Waals surface area contributed by atoms with E-state index in [1.54, 1.807) is 6.07 Å². The summed E-state index contributed by atoms with van der Waals surface area (Å²) in [6, 6.07) is 8.15. The van der Waals surface area contributed by atoms with Gasteiger partial charge in [-0.05, 0) is 50.7 Å². The summed E-state index contributed by atoms with van der Waals surface area (Å²) in [6.45, 7) is 7.23. The first-order chi connectivity index (χ1) is 12.5. The van der Waals surface area contributed by atoms with Crippen molar-refractivity contribution in [1.82, 2.24) is 10.2 Å². The number of benzene rings is 1. The maximum atomic E-state index is 11.8. The number of carbonyl (C=O) groups excluding carboxylic acids is 1. The van der Waals surface area contributed by atoms with Crippen LogP contribution in [0.5, 0.6) is 0 Å². The SMILES string of the molecule is CC1CCC(/N=C(\Nc2ccccc2C(N)=O)N2CCN[C@@H](C)C2)CC1. The van der Waals surface area contributed by atoms with E-state index in [1.165, 1.54) is 12.8 Å². The summed E-state index contributed by atoms with van der Waals surface area (Å²) >= 11 is 0. The van der Waals surface area contributed by atoms with E-state index < -0.39 is 5.91 Å². The Hall–Kier alpha value is -2.08. The van der Waals surface area contributed by atoms with Gasteiger partial charge in [0, 0.05) is 25.7 Å². The minimum atomic E-state index is -0.423. The van der Waals surface area contributed by atoms with Crippen molar-refractivity contribution >= 4 is 17.6 Å². The molecule has 1 saturated heterocycles. The highest BCUT2D eigenvalue weighted by Crippen LogP contribution is 2.26. The number of guanidine groups is 1. The lowest BCUT2D eigenvalue weighted by Gasteiger charge is -2.35. The van der Waals surface area contributed by atoms with Gasteiger partial charge in [-0.15, -0.1) is 0 Å². The molecule has 1 aliphatic carbocycles. The number of amides is 1. The topological polar surface area (TPSA) is 82.7 Å². The summed E-state index contributed by atoms with van der Waals surface area (Å²) in [6.07, 6.45) is 4.73. The minimum Gasteiger partial charge on any atom is -0.366 e. The molecule has 2 fully saturated rings. The zero-order valence-electron chi connectivity index (χ0n) is 15.9. The summed E-state index contributed by atoms with van der Waals surface area (Å²) in [5.74, 6) is 1.24. The number of nitrogens with two attached hydrogens (primary N) is 1. The van der Waals surface area contributed by atoms with E-state index in [9.17, 15) is 4.79 Å². The number of para-hydroxylation sites is 1. The Bertz CT molecular complexity index is 651. The molecule has 1 aromatic carbocycles. The predicted octanol–water partition coefficient (Wildman–Crippen LogP) is 2.43. The second kappa shape index (κ2) is 8.54. The molecule has 1 amide bonds. The van der Waals surface area contributed by atoms with Crippen LogP contribution in [0.2, 0.25) is 0 Å². The first kappa shape index (κ1) is 18.7. The van der Waals surface area contributed by atoms with Crippen molar-refractivity contribution in [1.29, 1.82) is 0 Å². The van der Waals surface area contributed by atoms with E-state index in [0.717, 1.165) is 50.0 Å². The molecule has 6 heteroatoms. The Morgan fingerprint density at radius 3 is 2.65 bits per heavy atom. The van der Waals surface area contributed by atoms with Gasteiger partial charge < -0.3 is 21.3 Å². The van der Waals surface area contributed by atoms with Gasteiger partial charge in [-0.25, -0.2) is 4.99 Å². The van der Waals surface area contributed by atoms with Gasteiger partial charge in [0.15, 0.2) is 5.96 Å². The highest BCUT2D eigenvalue weighted by molar-refractivity contribution is 6.03. The molecule has 1 saturated carbocycles. The maximum Gasteiger partial charge on any atom is 0.250 e. The molecule has 0 aromatic heterocycles. The van der Waals surface area contributed by atoms with E-state index in [2.05, 4.69) is 29.4 Å². The number of anilines is 1. The number of nitrogens with zero attached hydrogens (tertiary/aromatic N) is 2. The van der Waals surface area contributed by atoms with Crippen molar-refractivity contribution in [2.24, 2.45) is 16.6 Å². The summed E-state index contributed by atoms with van der Waals surface area (Å²) in [4.78, 5) is 19.1. The Labute approximate surface area is 156 Å². The first-order valence-electron chi connectivity index (χ1n) is 9.75. The van der Waals surface area contributed by atoms with E-state index in [4.69, 9.17) is 10.7 Å². The molecular weight excluding hydrogens is 326 g/mol. The van der Waals surface area contributed by atoms with Crippen molar-refractivity contribution in [3.63, 3.8) is 0 Å². The standard InChI is InChI=1S/C20H31N5O/c1-14-7-9-16(10-8-14)23-20(25-12-11-22-15(2)13-25)24-18-6-4-3-5-17(18)19(21)26/h3-6,14-16,22H,7-13H2,1-2H3,(H2,21,26)(H,23,24)/t14?,15-,16?/m0/s1. The average molecular weight is 358 g/mol. The fourth-order valence-corrected chi connectivity index (χ4v) is 3.79. The number of hydrogen-bond acceptors (Lipinski definition) is 3. The van der Waals surface area contributed by atoms with Crippen LogP contribution in [0.4, 0.5) is 5.69 Å². The Kier molecular flexibility index (Phi) is 6.14. The number of primary amides is 1. The first-order valence-corrected chi connectivity index (χ1v) is 9.75. The Morgan fingerprint density at radius 1 is 1.23 bits per heavy atom. The smallest absolute Gasteiger partial charge is 0.250 e. The average Bonchev–Trinajstić information content (AvgIpc) is 2.63. The molecule has 4 N–H and O–H groups in total. The third kappa shape index (κ3) is 4.75. The molecule has 1 aromatic rings. The maximum absolute atomic E-state index is 11.8. The fraction of sp³-hybridized carbons (Fsp3) is 0.600. The molecule has 0 bridgehead atoms. The van der Waals surface area contributed by atoms with Gasteiger partial charge in [0.2, 0.25) is 0 Å². The van der Waals surface area contributed by atoms with E-state index in [0.29, 0.717) is 17.6 Å². The number of nitrogens with one attached hydrogen (secondary N) is 2. The zero-order valence-corrected chi connectivity index (χ0v) is 15.9. The monoisotopic (exact) mass is 357 g/mol. The number of aliphatic imine (C=N–C) groups is 1. The summed E-state index contributed by atoms with van der Waals surface area (Å²) in [5, 5.41) is 6.90. The van der Waals surface area contributed by atoms with Crippen LogP contribution in [-0.2, 0) is 0 Å². The van der Waals surface area contributed by atoms with Crippen LogP contribution in [0, 0.1) is 5.92 Å². The van der Waals surface area contributed by atoms with Crippen LogP contribution in [0.1, 0.15) is 49.9 Å². The van der Waals surface area contributed by atoms with Crippen molar-refractivity contribution < 1.29 is 4.79 Å². The lowest BCUT2D eigenvalue weighted by molar-refractivity contribution is 0.100. The van der Waals surface area contributed by atoms with Crippen LogP contribution in [-0.4, -0.2) is 48.5 Å². The molecule has 142 valence electrons. The van der Waals surface area contributed by atoms with Crippen molar-refractivity contribution in [3.05, 3.63) is 29.8 Å². The molecule has 6 nitrogen and oxygen atoms in total. The van der Waals surface area contributed by atoms with E-state index in [-0.39, 0.29) is 0 Å². The van der Waals surface area contributed by atoms with Crippen LogP contribution < -0.4 is 16.4 Å². The fourth-order valence-electron chi connectivity index (χ4n) is 3.79. The van der Waals surface area contributed by atoms with Crippen LogP contribution in [0.25, 0.3) is 0 Å². The predicted molar refractivity (Wildman–Crippen MR) is 106 cm³/mol. The number of hydrogen-bond donors (Lipinski definition) is 3. The van der Waals surface area contributed by atoms with Crippen molar-refractivity contribution in [2.45, 2.75) is 51.6 Å². The van der Waals surface area contributed by atoms with Gasteiger partial charge in [0.05, 0.1) is 17.3 Å². The van der Waals surface area contributed by atoms with Crippen LogP contribution in [0.3, 0.4) is 0 Å². The van der Waals surface area contributed by atoms with Gasteiger partial charge in [0.25, 0.3) is 5.91 Å². The van der Waals surface area contributed by atoms with Crippen LogP contribution in [0.15, 0.2) is 29.3 Å². The molecule has 26 heavy (non-hydrogen) atoms. The van der Waals surface area contributed by atoms with Gasteiger partial charge in [-0.1, -0.05) is 19.1 Å². The van der Waals surface area contributed by atoms with Gasteiger partial charge in [-0.3, -0.25) is 4.79 Å². The van der Waals surface area contributed by atoms with E-state index >= 15 is 0 Å². The number of piperazine rings is 1. The third-order valence-corrected chi connectivity index (χ3v) is 5.40. The molecule has 1 aliphatic heterocycles. The minimum absolute atomic E-state index is 0.347. The molecule has 2 aliphatic rings. The molecule has 3 rings (SSSR count).